The Hall–Kier alpha value is -1.87. The smallest absolute Gasteiger partial charge is 0.234 e. The molecule has 2 aromatic carbocycles. The maximum Gasteiger partial charge on any atom is 0.234 e. The molecule has 0 radical (unpaired) electrons. The van der Waals surface area contributed by atoms with Crippen LogP contribution in [0.5, 0.6) is 0 Å². The van der Waals surface area contributed by atoms with Gasteiger partial charge in [0.05, 0.1) is 11.4 Å². The molecule has 0 saturated heterocycles. The maximum absolute atomic E-state index is 12.0. The van der Waals surface area contributed by atoms with Crippen molar-refractivity contribution in [2.45, 2.75) is 5.16 Å². The van der Waals surface area contributed by atoms with Gasteiger partial charge in [-0.1, -0.05) is 36.0 Å². The average molecular weight is 436 g/mol. The van der Waals surface area contributed by atoms with Gasteiger partial charge in [0.1, 0.15) is 6.33 Å². The second kappa shape index (κ2) is 7.60. The van der Waals surface area contributed by atoms with E-state index in [1.54, 1.807) is 11.0 Å². The third-order valence-electron chi connectivity index (χ3n) is 2.93. The minimum atomic E-state index is -0.0759. The molecule has 0 unspecified atom stereocenters. The number of nitrogens with zero attached hydrogens (tertiary/aromatic N) is 3. The van der Waals surface area contributed by atoms with Gasteiger partial charge in [-0.15, -0.1) is 5.10 Å². The standard InChI is InChI=1S/C16H13IN4OS/c17-12-5-4-6-13(9-12)19-15(22)10-23-16-18-11-21(20-16)14-7-2-1-3-8-14/h1-9,11H,10H2,(H,19,22). The third kappa shape index (κ3) is 4.55. The van der Waals surface area contributed by atoms with Gasteiger partial charge in [-0.05, 0) is 52.9 Å². The van der Waals surface area contributed by atoms with E-state index in [1.165, 1.54) is 11.8 Å². The molecule has 7 heteroatoms. The van der Waals surface area contributed by atoms with Crippen LogP contribution in [0.3, 0.4) is 0 Å². The molecule has 5 nitrogen and oxygen atoms in total. The van der Waals surface area contributed by atoms with E-state index in [1.807, 2.05) is 54.6 Å². The summed E-state index contributed by atoms with van der Waals surface area (Å²) in [5, 5.41) is 7.80. The summed E-state index contributed by atoms with van der Waals surface area (Å²) in [7, 11) is 0. The summed E-state index contributed by atoms with van der Waals surface area (Å²) in [6.45, 7) is 0. The average Bonchev–Trinajstić information content (AvgIpc) is 3.03. The van der Waals surface area contributed by atoms with Gasteiger partial charge < -0.3 is 5.32 Å². The number of anilines is 1. The molecule has 3 aromatic rings. The molecule has 1 N–H and O–H groups in total. The Balaban J connectivity index is 1.56. The Bertz CT molecular complexity index is 807. The zero-order valence-electron chi connectivity index (χ0n) is 12.0. The number of carbonyl (C=O) groups excluding carboxylic acids is 1. The predicted molar refractivity (Wildman–Crippen MR) is 99.9 cm³/mol. The number of hydrogen-bond acceptors (Lipinski definition) is 4. The zero-order chi connectivity index (χ0) is 16.1. The van der Waals surface area contributed by atoms with Crippen molar-refractivity contribution < 1.29 is 4.79 Å². The molecule has 1 heterocycles. The summed E-state index contributed by atoms with van der Waals surface area (Å²) in [6.07, 6.45) is 1.65. The molecule has 0 aliphatic carbocycles. The van der Waals surface area contributed by atoms with Crippen LogP contribution in [0.25, 0.3) is 5.69 Å². The molecule has 0 aliphatic rings. The lowest BCUT2D eigenvalue weighted by Crippen LogP contribution is -2.14. The second-order valence-electron chi connectivity index (χ2n) is 4.65. The molecular formula is C16H13IN4OS. The van der Waals surface area contributed by atoms with Gasteiger partial charge in [-0.2, -0.15) is 0 Å². The minimum Gasteiger partial charge on any atom is -0.325 e. The Kier molecular flexibility index (Phi) is 5.29. The highest BCUT2D eigenvalue weighted by Gasteiger charge is 2.08. The first-order valence-corrected chi connectivity index (χ1v) is 8.92. The molecule has 0 aliphatic heterocycles. The lowest BCUT2D eigenvalue weighted by atomic mass is 10.3. The first-order chi connectivity index (χ1) is 11.2. The van der Waals surface area contributed by atoms with Gasteiger partial charge in [0.2, 0.25) is 11.1 Å². The second-order valence-corrected chi connectivity index (χ2v) is 6.84. The number of carbonyl (C=O) groups is 1. The Morgan fingerprint density at radius 3 is 2.78 bits per heavy atom. The number of amides is 1. The third-order valence-corrected chi connectivity index (χ3v) is 4.46. The number of thioether (sulfide) groups is 1. The van der Waals surface area contributed by atoms with Crippen LogP contribution in [0.4, 0.5) is 5.69 Å². The minimum absolute atomic E-state index is 0.0759. The summed E-state index contributed by atoms with van der Waals surface area (Å²) in [4.78, 5) is 16.2. The fraction of sp³-hybridized carbons (Fsp3) is 0.0625. The summed E-state index contributed by atoms with van der Waals surface area (Å²) in [5.74, 6) is 0.192. The van der Waals surface area contributed by atoms with Crippen molar-refractivity contribution >= 4 is 45.9 Å². The van der Waals surface area contributed by atoms with Gasteiger partial charge >= 0.3 is 0 Å². The van der Waals surface area contributed by atoms with Crippen molar-refractivity contribution in [3.63, 3.8) is 0 Å². The van der Waals surface area contributed by atoms with Gasteiger partial charge in [0.15, 0.2) is 0 Å². The molecule has 0 saturated carbocycles. The molecule has 1 amide bonds. The largest absolute Gasteiger partial charge is 0.325 e. The van der Waals surface area contributed by atoms with E-state index in [4.69, 9.17) is 0 Å². The first kappa shape index (κ1) is 16.0. The van der Waals surface area contributed by atoms with E-state index in [2.05, 4.69) is 38.0 Å². The molecular weight excluding hydrogens is 423 g/mol. The van der Waals surface area contributed by atoms with Crippen LogP contribution in [-0.4, -0.2) is 26.4 Å². The van der Waals surface area contributed by atoms with Crippen molar-refractivity contribution in [3.8, 4) is 5.69 Å². The van der Waals surface area contributed by atoms with Gasteiger partial charge in [-0.25, -0.2) is 9.67 Å². The maximum atomic E-state index is 12.0. The number of benzene rings is 2. The van der Waals surface area contributed by atoms with Crippen LogP contribution in [-0.2, 0) is 4.79 Å². The van der Waals surface area contributed by atoms with E-state index in [0.29, 0.717) is 5.16 Å². The first-order valence-electron chi connectivity index (χ1n) is 6.86. The fourth-order valence-electron chi connectivity index (χ4n) is 1.91. The Morgan fingerprint density at radius 1 is 1.17 bits per heavy atom. The normalized spacial score (nSPS) is 10.5. The number of hydrogen-bond donors (Lipinski definition) is 1. The highest BCUT2D eigenvalue weighted by Crippen LogP contribution is 2.16. The molecule has 0 spiro atoms. The van der Waals surface area contributed by atoms with Crippen molar-refractivity contribution in [2.75, 3.05) is 11.1 Å². The molecule has 0 bridgehead atoms. The van der Waals surface area contributed by atoms with E-state index >= 15 is 0 Å². The molecule has 0 fully saturated rings. The van der Waals surface area contributed by atoms with Crippen LogP contribution in [0.2, 0.25) is 0 Å². The van der Waals surface area contributed by atoms with Crippen LogP contribution in [0.1, 0.15) is 0 Å². The Labute approximate surface area is 151 Å². The van der Waals surface area contributed by atoms with Gasteiger partial charge in [0, 0.05) is 9.26 Å². The van der Waals surface area contributed by atoms with Crippen LogP contribution in [0.15, 0.2) is 66.1 Å². The number of para-hydroxylation sites is 1. The highest BCUT2D eigenvalue weighted by molar-refractivity contribution is 14.1. The number of halogens is 1. The molecule has 0 atom stereocenters. The van der Waals surface area contributed by atoms with E-state index in [-0.39, 0.29) is 11.7 Å². The summed E-state index contributed by atoms with van der Waals surface area (Å²) < 4.78 is 2.77. The van der Waals surface area contributed by atoms with Crippen LogP contribution >= 0.6 is 34.4 Å². The van der Waals surface area contributed by atoms with E-state index in [0.717, 1.165) is 14.9 Å². The zero-order valence-corrected chi connectivity index (χ0v) is 15.0. The molecule has 116 valence electrons. The molecule has 23 heavy (non-hydrogen) atoms. The van der Waals surface area contributed by atoms with Crippen LogP contribution in [0, 0.1) is 3.57 Å². The highest BCUT2D eigenvalue weighted by atomic mass is 127. The lowest BCUT2D eigenvalue weighted by molar-refractivity contribution is -0.113. The summed E-state index contributed by atoms with van der Waals surface area (Å²) >= 11 is 3.52. The van der Waals surface area contributed by atoms with Crippen molar-refractivity contribution in [2.24, 2.45) is 0 Å². The quantitative estimate of drug-likeness (QED) is 0.491. The SMILES string of the molecule is O=C(CSc1ncn(-c2ccccc2)n1)Nc1cccc(I)c1. The van der Waals surface area contributed by atoms with Gasteiger partial charge in [-0.3, -0.25) is 4.79 Å². The molecule has 3 rings (SSSR count). The fourth-order valence-corrected chi connectivity index (χ4v) is 3.06. The van der Waals surface area contributed by atoms with Crippen LogP contribution < -0.4 is 5.32 Å². The summed E-state index contributed by atoms with van der Waals surface area (Å²) in [5.41, 5.74) is 1.74. The predicted octanol–water partition coefficient (Wildman–Crippen LogP) is 3.60. The Morgan fingerprint density at radius 2 is 2.00 bits per heavy atom. The monoisotopic (exact) mass is 436 g/mol. The topological polar surface area (TPSA) is 59.8 Å². The number of nitrogens with one attached hydrogen (secondary N) is 1. The summed E-state index contributed by atoms with van der Waals surface area (Å²) in [6, 6.07) is 17.4. The number of rotatable bonds is 5. The van der Waals surface area contributed by atoms with Crippen molar-refractivity contribution in [3.05, 3.63) is 64.5 Å². The lowest BCUT2D eigenvalue weighted by Gasteiger charge is -2.04. The van der Waals surface area contributed by atoms with Crippen molar-refractivity contribution in [1.29, 1.82) is 0 Å². The number of aromatic nitrogens is 3. The van der Waals surface area contributed by atoms with E-state index < -0.39 is 0 Å². The van der Waals surface area contributed by atoms with Crippen molar-refractivity contribution in [1.82, 2.24) is 14.8 Å². The molecule has 1 aromatic heterocycles. The van der Waals surface area contributed by atoms with E-state index in [9.17, 15) is 4.79 Å². The van der Waals surface area contributed by atoms with Gasteiger partial charge in [0.25, 0.3) is 0 Å².